The molecule has 0 aromatic heterocycles. The average molecular weight is 439 g/mol. The van der Waals surface area contributed by atoms with E-state index in [2.05, 4.69) is 43.5 Å². The molecule has 2 rings (SSSR count). The number of nitrogens with one attached hydrogen (secondary N) is 2. The SMILES string of the molecule is CN=C(NCCCNC(=O)c1ccc(Br)cc1)N(C)CCC1CCOCC1. The zero-order valence-electron chi connectivity index (χ0n) is 16.3. The first-order valence-corrected chi connectivity index (χ1v) is 10.4. The van der Waals surface area contributed by atoms with Crippen molar-refractivity contribution in [1.29, 1.82) is 0 Å². The number of carbonyl (C=O) groups is 1. The molecule has 0 radical (unpaired) electrons. The van der Waals surface area contributed by atoms with E-state index in [0.717, 1.165) is 61.9 Å². The minimum Gasteiger partial charge on any atom is -0.381 e. The summed E-state index contributed by atoms with van der Waals surface area (Å²) in [5.41, 5.74) is 0.676. The van der Waals surface area contributed by atoms with Crippen LogP contribution in [0.25, 0.3) is 0 Å². The highest BCUT2D eigenvalue weighted by atomic mass is 79.9. The number of hydrogen-bond donors (Lipinski definition) is 2. The number of benzene rings is 1. The number of amides is 1. The third-order valence-electron chi connectivity index (χ3n) is 4.82. The third-order valence-corrected chi connectivity index (χ3v) is 5.34. The Bertz CT molecular complexity index is 601. The number of hydrogen-bond acceptors (Lipinski definition) is 3. The number of carbonyl (C=O) groups excluding carboxylic acids is 1. The molecule has 1 heterocycles. The monoisotopic (exact) mass is 438 g/mol. The van der Waals surface area contributed by atoms with E-state index in [9.17, 15) is 4.79 Å². The van der Waals surface area contributed by atoms with E-state index in [-0.39, 0.29) is 5.91 Å². The molecule has 0 spiro atoms. The Hall–Kier alpha value is -1.60. The van der Waals surface area contributed by atoms with Crippen LogP contribution in [0.2, 0.25) is 0 Å². The number of guanidine groups is 1. The molecule has 0 unspecified atom stereocenters. The van der Waals surface area contributed by atoms with Crippen LogP contribution in [0.3, 0.4) is 0 Å². The Kier molecular flexibility index (Phi) is 9.62. The zero-order chi connectivity index (χ0) is 19.5. The fourth-order valence-corrected chi connectivity index (χ4v) is 3.36. The van der Waals surface area contributed by atoms with Crippen molar-refractivity contribution >= 4 is 27.8 Å². The van der Waals surface area contributed by atoms with Crippen molar-refractivity contribution < 1.29 is 9.53 Å². The quantitative estimate of drug-likeness (QED) is 0.372. The zero-order valence-corrected chi connectivity index (χ0v) is 17.9. The molecule has 1 aliphatic heterocycles. The first kappa shape index (κ1) is 21.7. The van der Waals surface area contributed by atoms with Crippen LogP contribution in [0.15, 0.2) is 33.7 Å². The molecule has 1 saturated heterocycles. The maximum Gasteiger partial charge on any atom is 0.251 e. The molecule has 1 aromatic carbocycles. The summed E-state index contributed by atoms with van der Waals surface area (Å²) in [7, 11) is 3.88. The smallest absolute Gasteiger partial charge is 0.251 e. The van der Waals surface area contributed by atoms with Gasteiger partial charge in [0.05, 0.1) is 0 Å². The lowest BCUT2D eigenvalue weighted by molar-refractivity contribution is 0.0625. The molecule has 0 atom stereocenters. The molecule has 0 aliphatic carbocycles. The van der Waals surface area contributed by atoms with Gasteiger partial charge in [-0.25, -0.2) is 0 Å². The van der Waals surface area contributed by atoms with Crippen molar-refractivity contribution in [3.8, 4) is 0 Å². The van der Waals surface area contributed by atoms with E-state index < -0.39 is 0 Å². The van der Waals surface area contributed by atoms with Gasteiger partial charge in [-0.2, -0.15) is 0 Å². The Morgan fingerprint density at radius 3 is 2.56 bits per heavy atom. The number of rotatable bonds is 8. The van der Waals surface area contributed by atoms with Gasteiger partial charge in [0.1, 0.15) is 0 Å². The standard InChI is InChI=1S/C20H31BrN4O2/c1-22-20(25(2)13-8-16-9-14-27-15-10-16)24-12-3-11-23-19(26)17-4-6-18(21)7-5-17/h4-7,16H,3,8-15H2,1-2H3,(H,22,24)(H,23,26). The molecular formula is C20H31BrN4O2. The van der Waals surface area contributed by atoms with Crippen molar-refractivity contribution in [2.75, 3.05) is 46.9 Å². The molecule has 1 aliphatic rings. The van der Waals surface area contributed by atoms with Gasteiger partial charge in [-0.05, 0) is 55.9 Å². The number of halogens is 1. The summed E-state index contributed by atoms with van der Waals surface area (Å²) in [5, 5.41) is 6.32. The van der Waals surface area contributed by atoms with Crippen LogP contribution in [-0.2, 0) is 4.74 Å². The largest absolute Gasteiger partial charge is 0.381 e. The van der Waals surface area contributed by atoms with Crippen molar-refractivity contribution in [1.82, 2.24) is 15.5 Å². The highest BCUT2D eigenvalue weighted by molar-refractivity contribution is 9.10. The molecular weight excluding hydrogens is 408 g/mol. The Morgan fingerprint density at radius 1 is 1.22 bits per heavy atom. The minimum absolute atomic E-state index is 0.0412. The summed E-state index contributed by atoms with van der Waals surface area (Å²) in [6, 6.07) is 7.37. The third kappa shape index (κ3) is 7.89. The van der Waals surface area contributed by atoms with E-state index in [1.807, 2.05) is 31.3 Å². The Morgan fingerprint density at radius 2 is 1.89 bits per heavy atom. The molecule has 27 heavy (non-hydrogen) atoms. The second-order valence-electron chi connectivity index (χ2n) is 6.86. The number of ether oxygens (including phenoxy) is 1. The molecule has 1 fully saturated rings. The molecule has 150 valence electrons. The normalized spacial score (nSPS) is 15.4. The average Bonchev–Trinajstić information content (AvgIpc) is 2.70. The molecule has 0 saturated carbocycles. The number of aliphatic imine (C=N–C) groups is 1. The Labute approximate surface area is 170 Å². The fourth-order valence-electron chi connectivity index (χ4n) is 3.10. The van der Waals surface area contributed by atoms with Gasteiger partial charge in [0.25, 0.3) is 5.91 Å². The lowest BCUT2D eigenvalue weighted by atomic mass is 9.96. The molecule has 6 nitrogen and oxygen atoms in total. The highest BCUT2D eigenvalue weighted by Crippen LogP contribution is 2.18. The first-order chi connectivity index (χ1) is 13.1. The van der Waals surface area contributed by atoms with E-state index in [1.165, 1.54) is 6.42 Å². The van der Waals surface area contributed by atoms with E-state index in [1.54, 1.807) is 0 Å². The van der Waals surface area contributed by atoms with Gasteiger partial charge in [-0.15, -0.1) is 0 Å². The Balaban J connectivity index is 1.60. The summed E-state index contributed by atoms with van der Waals surface area (Å²) < 4.78 is 6.39. The summed E-state index contributed by atoms with van der Waals surface area (Å²) in [4.78, 5) is 18.6. The van der Waals surface area contributed by atoms with Gasteiger partial charge in [0.15, 0.2) is 5.96 Å². The van der Waals surface area contributed by atoms with Crippen molar-refractivity contribution in [2.24, 2.45) is 10.9 Å². The van der Waals surface area contributed by atoms with Gasteiger partial charge in [-0.1, -0.05) is 15.9 Å². The van der Waals surface area contributed by atoms with Crippen molar-refractivity contribution in [3.05, 3.63) is 34.3 Å². The summed E-state index contributed by atoms with van der Waals surface area (Å²) >= 11 is 3.37. The predicted octanol–water partition coefficient (Wildman–Crippen LogP) is 2.89. The van der Waals surface area contributed by atoms with Crippen LogP contribution in [0.4, 0.5) is 0 Å². The fraction of sp³-hybridized carbons (Fsp3) is 0.600. The van der Waals surface area contributed by atoms with Crippen LogP contribution in [0.5, 0.6) is 0 Å². The van der Waals surface area contributed by atoms with Gasteiger partial charge < -0.3 is 20.3 Å². The predicted molar refractivity (Wildman–Crippen MR) is 113 cm³/mol. The maximum atomic E-state index is 12.1. The highest BCUT2D eigenvalue weighted by Gasteiger charge is 2.15. The van der Waals surface area contributed by atoms with E-state index >= 15 is 0 Å². The van der Waals surface area contributed by atoms with E-state index in [4.69, 9.17) is 4.74 Å². The molecule has 2 N–H and O–H groups in total. The number of nitrogens with zero attached hydrogens (tertiary/aromatic N) is 2. The summed E-state index contributed by atoms with van der Waals surface area (Å²) in [6.07, 6.45) is 4.34. The van der Waals surface area contributed by atoms with Crippen LogP contribution in [0.1, 0.15) is 36.0 Å². The second-order valence-corrected chi connectivity index (χ2v) is 7.77. The second kappa shape index (κ2) is 12.0. The molecule has 1 amide bonds. The molecule has 1 aromatic rings. The van der Waals surface area contributed by atoms with Crippen molar-refractivity contribution in [3.63, 3.8) is 0 Å². The minimum atomic E-state index is -0.0412. The van der Waals surface area contributed by atoms with Gasteiger partial charge in [0, 0.05) is 57.0 Å². The molecule has 0 bridgehead atoms. The van der Waals surface area contributed by atoms with Crippen molar-refractivity contribution in [2.45, 2.75) is 25.7 Å². The van der Waals surface area contributed by atoms with Crippen LogP contribution in [0, 0.1) is 5.92 Å². The first-order valence-electron chi connectivity index (χ1n) is 9.63. The molecule has 7 heteroatoms. The van der Waals surface area contributed by atoms with E-state index in [0.29, 0.717) is 12.1 Å². The topological polar surface area (TPSA) is 66.0 Å². The van der Waals surface area contributed by atoms with Crippen LogP contribution >= 0.6 is 15.9 Å². The summed E-state index contributed by atoms with van der Waals surface area (Å²) in [5.74, 6) is 1.62. The van der Waals surface area contributed by atoms with Crippen LogP contribution < -0.4 is 10.6 Å². The lowest BCUT2D eigenvalue weighted by Gasteiger charge is -2.26. The van der Waals surface area contributed by atoms with Gasteiger partial charge in [0.2, 0.25) is 0 Å². The van der Waals surface area contributed by atoms with Gasteiger partial charge in [-0.3, -0.25) is 9.79 Å². The maximum absolute atomic E-state index is 12.1. The van der Waals surface area contributed by atoms with Gasteiger partial charge >= 0.3 is 0 Å². The van der Waals surface area contributed by atoms with Crippen LogP contribution in [-0.4, -0.2) is 63.7 Å². The lowest BCUT2D eigenvalue weighted by Crippen LogP contribution is -2.41. The summed E-state index contributed by atoms with van der Waals surface area (Å²) in [6.45, 7) is 4.19.